The largest absolute Gasteiger partial charge is 0.481 e. The first kappa shape index (κ1) is 20.3. The van der Waals surface area contributed by atoms with Gasteiger partial charge in [-0.2, -0.15) is 0 Å². The molecule has 0 fully saturated rings. The van der Waals surface area contributed by atoms with Crippen LogP contribution >= 0.6 is 0 Å². The minimum absolute atomic E-state index is 0.0736. The van der Waals surface area contributed by atoms with Gasteiger partial charge in [0.15, 0.2) is 0 Å². The predicted molar refractivity (Wildman–Crippen MR) is 102 cm³/mol. The van der Waals surface area contributed by atoms with Crippen LogP contribution in [0.25, 0.3) is 10.9 Å². The van der Waals surface area contributed by atoms with Crippen molar-refractivity contribution in [3.8, 4) is 0 Å². The van der Waals surface area contributed by atoms with Gasteiger partial charge in [-0.05, 0) is 29.8 Å². The monoisotopic (exact) mass is 420 g/mol. The zero-order chi connectivity index (χ0) is 21.3. The lowest BCUT2D eigenvalue weighted by atomic mass is 10.1. The molecule has 2 aromatic heterocycles. The second kappa shape index (κ2) is 7.87. The molecule has 2 atom stereocenters. The molecule has 1 aromatic carbocycles. The number of carboxylic acids is 2. The van der Waals surface area contributed by atoms with Crippen molar-refractivity contribution in [2.24, 2.45) is 0 Å². The van der Waals surface area contributed by atoms with Gasteiger partial charge in [0.25, 0.3) is 5.56 Å². The highest BCUT2D eigenvalue weighted by molar-refractivity contribution is 7.84. The fourth-order valence-corrected chi connectivity index (χ4v) is 3.61. The van der Waals surface area contributed by atoms with E-state index in [2.05, 4.69) is 4.98 Å². The molecule has 2 heterocycles. The van der Waals surface area contributed by atoms with Crippen LogP contribution in [0.5, 0.6) is 0 Å². The Hall–Kier alpha value is -3.47. The Balaban J connectivity index is 2.32. The molecule has 11 heteroatoms. The van der Waals surface area contributed by atoms with E-state index in [0.717, 1.165) is 0 Å². The first-order valence-electron chi connectivity index (χ1n) is 8.31. The summed E-state index contributed by atoms with van der Waals surface area (Å²) in [5, 5.41) is 18.2. The summed E-state index contributed by atoms with van der Waals surface area (Å²) in [6, 6.07) is 4.32. The molecule has 0 spiro atoms. The van der Waals surface area contributed by atoms with Gasteiger partial charge >= 0.3 is 17.6 Å². The van der Waals surface area contributed by atoms with Crippen LogP contribution in [0.2, 0.25) is 0 Å². The molecule has 0 aliphatic heterocycles. The van der Waals surface area contributed by atoms with E-state index in [1.165, 1.54) is 18.6 Å². The zero-order valence-electron chi connectivity index (χ0n) is 15.1. The van der Waals surface area contributed by atoms with Crippen molar-refractivity contribution in [2.75, 3.05) is 6.26 Å². The SMILES string of the molecule is CS(=O)c1cc(Cc2ccco2)c2[nH]c(=O)n(C(CC(=O)O)C(=O)O)c(=O)c2c1. The standard InChI is InChI=1S/C18H16N2O8S/c1-29(27)11-6-9(5-10-3-2-4-28-10)15-12(7-11)16(23)20(18(26)19-15)13(17(24)25)8-14(21)22/h2-4,6-7,13H,5,8H2,1H3,(H,19,26)(H,21,22)(H,24,25). The summed E-state index contributed by atoms with van der Waals surface area (Å²) >= 11 is 0. The van der Waals surface area contributed by atoms with E-state index in [0.29, 0.717) is 20.8 Å². The summed E-state index contributed by atoms with van der Waals surface area (Å²) in [6.45, 7) is 0. The van der Waals surface area contributed by atoms with Crippen molar-refractivity contribution in [1.29, 1.82) is 0 Å². The zero-order valence-corrected chi connectivity index (χ0v) is 15.9. The topological polar surface area (TPSA) is 160 Å². The number of benzene rings is 1. The van der Waals surface area contributed by atoms with Crippen LogP contribution in [0.15, 0.2) is 49.4 Å². The van der Waals surface area contributed by atoms with E-state index in [9.17, 15) is 28.5 Å². The number of H-pyrrole nitrogens is 1. The highest BCUT2D eigenvalue weighted by Gasteiger charge is 2.27. The number of fused-ring (bicyclic) bond motifs is 1. The summed E-state index contributed by atoms with van der Waals surface area (Å²) in [4.78, 5) is 50.8. The number of aromatic amines is 1. The Bertz CT molecular complexity index is 1240. The van der Waals surface area contributed by atoms with Gasteiger partial charge in [-0.25, -0.2) is 14.2 Å². The molecule has 0 bridgehead atoms. The second-order valence-corrected chi connectivity index (χ2v) is 7.65. The predicted octanol–water partition coefficient (Wildman–Crippen LogP) is 0.711. The molecule has 3 N–H and O–H groups in total. The molecule has 3 rings (SSSR count). The first-order valence-corrected chi connectivity index (χ1v) is 9.86. The van der Waals surface area contributed by atoms with Gasteiger partial charge in [0.2, 0.25) is 0 Å². The molecule has 0 saturated carbocycles. The average molecular weight is 420 g/mol. The van der Waals surface area contributed by atoms with Gasteiger partial charge in [-0.15, -0.1) is 0 Å². The third-order valence-corrected chi connectivity index (χ3v) is 5.23. The third kappa shape index (κ3) is 4.04. The van der Waals surface area contributed by atoms with Gasteiger partial charge in [-0.3, -0.25) is 13.8 Å². The third-order valence-electron chi connectivity index (χ3n) is 4.33. The summed E-state index contributed by atoms with van der Waals surface area (Å²) < 4.78 is 17.7. The maximum Gasteiger partial charge on any atom is 0.329 e. The number of furan rings is 1. The molecule has 29 heavy (non-hydrogen) atoms. The summed E-state index contributed by atoms with van der Waals surface area (Å²) in [5.74, 6) is -2.58. The van der Waals surface area contributed by atoms with E-state index in [-0.39, 0.29) is 17.3 Å². The molecule has 152 valence electrons. The van der Waals surface area contributed by atoms with Crippen LogP contribution in [0, 0.1) is 0 Å². The van der Waals surface area contributed by atoms with Crippen LogP contribution in [-0.2, 0) is 26.8 Å². The van der Waals surface area contributed by atoms with Crippen molar-refractivity contribution in [3.63, 3.8) is 0 Å². The van der Waals surface area contributed by atoms with E-state index in [1.807, 2.05) is 0 Å². The van der Waals surface area contributed by atoms with Gasteiger partial charge in [-0.1, -0.05) is 0 Å². The van der Waals surface area contributed by atoms with Crippen LogP contribution in [0.1, 0.15) is 23.8 Å². The molecule has 3 aromatic rings. The first-order chi connectivity index (χ1) is 13.7. The van der Waals surface area contributed by atoms with Crippen LogP contribution in [0.3, 0.4) is 0 Å². The summed E-state index contributed by atoms with van der Waals surface area (Å²) in [5.41, 5.74) is -1.44. The molecule has 0 aliphatic carbocycles. The number of carbonyl (C=O) groups is 2. The number of hydrogen-bond donors (Lipinski definition) is 3. The highest BCUT2D eigenvalue weighted by atomic mass is 32.2. The van der Waals surface area contributed by atoms with Gasteiger partial charge in [0, 0.05) is 28.4 Å². The Labute approximate surface area is 164 Å². The number of carboxylic acid groups (broad SMARTS) is 2. The van der Waals surface area contributed by atoms with Crippen molar-refractivity contribution >= 4 is 33.6 Å². The van der Waals surface area contributed by atoms with E-state index >= 15 is 0 Å². The maximum atomic E-state index is 13.0. The Morgan fingerprint density at radius 1 is 1.28 bits per heavy atom. The average Bonchev–Trinajstić information content (AvgIpc) is 3.13. The van der Waals surface area contributed by atoms with Gasteiger partial charge < -0.3 is 19.6 Å². The Kier molecular flexibility index (Phi) is 5.50. The smallest absolute Gasteiger partial charge is 0.329 e. The van der Waals surface area contributed by atoms with Gasteiger partial charge in [0.1, 0.15) is 11.8 Å². The fraction of sp³-hybridized carbons (Fsp3) is 0.222. The number of aromatic nitrogens is 2. The van der Waals surface area contributed by atoms with E-state index < -0.39 is 46.4 Å². The number of rotatable bonds is 7. The molecule has 0 radical (unpaired) electrons. The highest BCUT2D eigenvalue weighted by Crippen LogP contribution is 2.22. The number of nitrogens with one attached hydrogen (secondary N) is 1. The van der Waals surface area contributed by atoms with Crippen molar-refractivity contribution in [3.05, 3.63) is 62.7 Å². The number of hydrogen-bond acceptors (Lipinski definition) is 6. The van der Waals surface area contributed by atoms with E-state index in [4.69, 9.17) is 9.52 Å². The minimum Gasteiger partial charge on any atom is -0.481 e. The lowest BCUT2D eigenvalue weighted by molar-refractivity contribution is -0.147. The summed E-state index contributed by atoms with van der Waals surface area (Å²) in [6.07, 6.45) is 2.10. The fourth-order valence-electron chi connectivity index (χ4n) is 3.02. The van der Waals surface area contributed by atoms with Crippen molar-refractivity contribution in [1.82, 2.24) is 9.55 Å². The minimum atomic E-state index is -1.89. The molecule has 0 saturated heterocycles. The molecular formula is C18H16N2O8S. The summed E-state index contributed by atoms with van der Waals surface area (Å²) in [7, 11) is -1.47. The van der Waals surface area contributed by atoms with Crippen molar-refractivity contribution in [2.45, 2.75) is 23.8 Å². The number of aliphatic carboxylic acids is 2. The molecule has 10 nitrogen and oxygen atoms in total. The lowest BCUT2D eigenvalue weighted by Gasteiger charge is -2.15. The maximum absolute atomic E-state index is 13.0. The molecule has 0 amide bonds. The molecular weight excluding hydrogens is 404 g/mol. The van der Waals surface area contributed by atoms with Crippen LogP contribution in [-0.4, -0.2) is 42.2 Å². The number of nitrogens with zero attached hydrogens (tertiary/aromatic N) is 1. The molecule has 0 aliphatic rings. The lowest BCUT2D eigenvalue weighted by Crippen LogP contribution is -2.42. The Morgan fingerprint density at radius 2 is 2.00 bits per heavy atom. The van der Waals surface area contributed by atoms with Crippen molar-refractivity contribution < 1.29 is 28.4 Å². The Morgan fingerprint density at radius 3 is 2.55 bits per heavy atom. The van der Waals surface area contributed by atoms with Crippen LogP contribution in [0.4, 0.5) is 0 Å². The molecule has 2 unspecified atom stereocenters. The van der Waals surface area contributed by atoms with Crippen LogP contribution < -0.4 is 11.2 Å². The second-order valence-electron chi connectivity index (χ2n) is 6.27. The van der Waals surface area contributed by atoms with E-state index in [1.54, 1.807) is 18.2 Å². The van der Waals surface area contributed by atoms with Gasteiger partial charge in [0.05, 0.1) is 23.6 Å². The quantitative estimate of drug-likeness (QED) is 0.504. The normalized spacial score (nSPS) is 13.3.